The molecule has 3 rings (SSSR count). The summed E-state index contributed by atoms with van der Waals surface area (Å²) in [6.07, 6.45) is 1.60. The van der Waals surface area contributed by atoms with Crippen molar-refractivity contribution in [2.45, 2.75) is 20.4 Å². The van der Waals surface area contributed by atoms with Crippen LogP contribution in [0.4, 0.5) is 0 Å². The number of hydrogen-bond acceptors (Lipinski definition) is 4. The van der Waals surface area contributed by atoms with Gasteiger partial charge in [0.05, 0.1) is 17.0 Å². The van der Waals surface area contributed by atoms with Crippen LogP contribution in [-0.4, -0.2) is 45.4 Å². The van der Waals surface area contributed by atoms with E-state index in [0.717, 1.165) is 22.6 Å². The Morgan fingerprint density at radius 1 is 1.19 bits per heavy atom. The monoisotopic (exact) mass is 351 g/mol. The number of carbonyl (C=O) groups is 2. The molecule has 7 nitrogen and oxygen atoms in total. The zero-order valence-corrected chi connectivity index (χ0v) is 15.3. The third-order valence-corrected chi connectivity index (χ3v) is 4.29. The quantitative estimate of drug-likeness (QED) is 0.779. The molecule has 0 aliphatic carbocycles. The van der Waals surface area contributed by atoms with Crippen molar-refractivity contribution in [2.24, 2.45) is 0 Å². The van der Waals surface area contributed by atoms with E-state index in [9.17, 15) is 9.59 Å². The summed E-state index contributed by atoms with van der Waals surface area (Å²) in [5.74, 6) is -0.258. The van der Waals surface area contributed by atoms with E-state index in [0.29, 0.717) is 17.7 Å². The highest BCUT2D eigenvalue weighted by Crippen LogP contribution is 2.14. The molecule has 0 aliphatic rings. The van der Waals surface area contributed by atoms with Crippen molar-refractivity contribution < 1.29 is 9.59 Å². The van der Waals surface area contributed by atoms with E-state index in [2.05, 4.69) is 15.4 Å². The zero-order chi connectivity index (χ0) is 18.8. The topological polar surface area (TPSA) is 79.6 Å². The molecule has 2 aromatic heterocycles. The van der Waals surface area contributed by atoms with Gasteiger partial charge in [0, 0.05) is 38.5 Å². The van der Waals surface area contributed by atoms with E-state index >= 15 is 0 Å². The minimum absolute atomic E-state index is 0.125. The third-order valence-electron chi connectivity index (χ3n) is 4.29. The second-order valence-corrected chi connectivity index (χ2v) is 6.25. The Morgan fingerprint density at radius 3 is 2.54 bits per heavy atom. The van der Waals surface area contributed by atoms with E-state index in [1.165, 1.54) is 0 Å². The average Bonchev–Trinajstić information content (AvgIpc) is 3.03. The summed E-state index contributed by atoms with van der Waals surface area (Å²) in [6, 6.07) is 9.06. The van der Waals surface area contributed by atoms with Gasteiger partial charge in [-0.1, -0.05) is 12.1 Å². The SMILES string of the molecule is CNC(=O)c1ccc(CN(C)C(=O)c2cnc3cc(C)nn3c2C)cc1. The first kappa shape index (κ1) is 17.6. The van der Waals surface area contributed by atoms with Crippen molar-refractivity contribution in [2.75, 3.05) is 14.1 Å². The van der Waals surface area contributed by atoms with Gasteiger partial charge in [-0.3, -0.25) is 9.59 Å². The van der Waals surface area contributed by atoms with Gasteiger partial charge in [-0.15, -0.1) is 0 Å². The van der Waals surface area contributed by atoms with Crippen molar-refractivity contribution in [1.82, 2.24) is 24.8 Å². The van der Waals surface area contributed by atoms with E-state index in [-0.39, 0.29) is 11.8 Å². The lowest BCUT2D eigenvalue weighted by Crippen LogP contribution is -2.27. The van der Waals surface area contributed by atoms with Gasteiger partial charge in [0.15, 0.2) is 5.65 Å². The molecule has 134 valence electrons. The first-order valence-corrected chi connectivity index (χ1v) is 8.29. The number of carbonyl (C=O) groups excluding carboxylic acids is 2. The van der Waals surface area contributed by atoms with Crippen LogP contribution in [0.15, 0.2) is 36.5 Å². The molecule has 2 heterocycles. The number of nitrogens with zero attached hydrogens (tertiary/aromatic N) is 4. The lowest BCUT2D eigenvalue weighted by atomic mass is 10.1. The highest BCUT2D eigenvalue weighted by Gasteiger charge is 2.18. The van der Waals surface area contributed by atoms with Crippen LogP contribution in [0.25, 0.3) is 5.65 Å². The number of aromatic nitrogens is 3. The minimum atomic E-state index is -0.134. The molecule has 1 N–H and O–H groups in total. The molecule has 0 aliphatic heterocycles. The highest BCUT2D eigenvalue weighted by atomic mass is 16.2. The Morgan fingerprint density at radius 2 is 1.88 bits per heavy atom. The summed E-state index contributed by atoms with van der Waals surface area (Å²) in [5, 5.41) is 6.96. The maximum Gasteiger partial charge on any atom is 0.257 e. The van der Waals surface area contributed by atoms with Gasteiger partial charge in [0.2, 0.25) is 0 Å². The maximum atomic E-state index is 12.8. The molecule has 2 amide bonds. The molecule has 0 bridgehead atoms. The lowest BCUT2D eigenvalue weighted by Gasteiger charge is -2.18. The Hall–Kier alpha value is -3.22. The standard InChI is InChI=1S/C19H21N5O2/c1-12-9-17-21-10-16(13(2)24(17)22-12)19(26)23(4)11-14-5-7-15(8-6-14)18(25)20-3/h5-10H,11H2,1-4H3,(H,20,25). The van der Waals surface area contributed by atoms with Crippen LogP contribution < -0.4 is 5.32 Å². The average molecular weight is 351 g/mol. The maximum absolute atomic E-state index is 12.8. The van der Waals surface area contributed by atoms with E-state index < -0.39 is 0 Å². The Balaban J connectivity index is 1.79. The second kappa shape index (κ2) is 6.95. The number of amides is 2. The molecule has 7 heteroatoms. The summed E-state index contributed by atoms with van der Waals surface area (Å²) < 4.78 is 1.69. The van der Waals surface area contributed by atoms with Crippen molar-refractivity contribution in [3.63, 3.8) is 0 Å². The van der Waals surface area contributed by atoms with Gasteiger partial charge >= 0.3 is 0 Å². The van der Waals surface area contributed by atoms with Gasteiger partial charge in [-0.2, -0.15) is 5.10 Å². The predicted octanol–water partition coefficient (Wildman–Crippen LogP) is 1.98. The summed E-state index contributed by atoms with van der Waals surface area (Å²) in [4.78, 5) is 30.4. The number of nitrogens with one attached hydrogen (secondary N) is 1. The van der Waals surface area contributed by atoms with Gasteiger partial charge < -0.3 is 10.2 Å². The van der Waals surface area contributed by atoms with Crippen LogP contribution in [-0.2, 0) is 6.54 Å². The van der Waals surface area contributed by atoms with E-state index in [4.69, 9.17) is 0 Å². The van der Waals surface area contributed by atoms with Crippen LogP contribution in [0.3, 0.4) is 0 Å². The molecule has 0 radical (unpaired) electrons. The summed E-state index contributed by atoms with van der Waals surface area (Å²) >= 11 is 0. The van der Waals surface area contributed by atoms with Gasteiger partial charge in [-0.25, -0.2) is 9.50 Å². The van der Waals surface area contributed by atoms with Crippen molar-refractivity contribution in [3.05, 3.63) is 64.6 Å². The van der Waals surface area contributed by atoms with Crippen LogP contribution in [0.1, 0.15) is 37.7 Å². The Bertz CT molecular complexity index is 976. The van der Waals surface area contributed by atoms with Crippen LogP contribution in [0.2, 0.25) is 0 Å². The summed E-state index contributed by atoms with van der Waals surface area (Å²) in [6.45, 7) is 4.19. The first-order valence-electron chi connectivity index (χ1n) is 8.29. The zero-order valence-electron chi connectivity index (χ0n) is 15.3. The van der Waals surface area contributed by atoms with Gasteiger partial charge in [0.25, 0.3) is 11.8 Å². The molecular formula is C19H21N5O2. The fraction of sp³-hybridized carbons (Fsp3) is 0.263. The van der Waals surface area contributed by atoms with Crippen LogP contribution in [0.5, 0.6) is 0 Å². The highest BCUT2D eigenvalue weighted by molar-refractivity contribution is 5.95. The van der Waals surface area contributed by atoms with Crippen molar-refractivity contribution in [3.8, 4) is 0 Å². The second-order valence-electron chi connectivity index (χ2n) is 6.25. The Labute approximate surface area is 151 Å². The van der Waals surface area contributed by atoms with E-state index in [1.54, 1.807) is 41.8 Å². The van der Waals surface area contributed by atoms with Crippen molar-refractivity contribution in [1.29, 1.82) is 0 Å². The normalized spacial score (nSPS) is 10.8. The fourth-order valence-corrected chi connectivity index (χ4v) is 2.83. The lowest BCUT2D eigenvalue weighted by molar-refractivity contribution is 0.0782. The molecule has 3 aromatic rings. The number of benzene rings is 1. The minimum Gasteiger partial charge on any atom is -0.355 e. The number of aryl methyl sites for hydroxylation is 2. The smallest absolute Gasteiger partial charge is 0.257 e. The number of fused-ring (bicyclic) bond motifs is 1. The summed E-state index contributed by atoms with van der Waals surface area (Å²) in [7, 11) is 3.34. The molecule has 0 fully saturated rings. The molecule has 0 atom stereocenters. The Kier molecular flexibility index (Phi) is 4.71. The van der Waals surface area contributed by atoms with E-state index in [1.807, 2.05) is 32.0 Å². The molecule has 0 spiro atoms. The molecule has 1 aromatic carbocycles. The molecule has 26 heavy (non-hydrogen) atoms. The molecule has 0 saturated carbocycles. The predicted molar refractivity (Wildman–Crippen MR) is 98.1 cm³/mol. The van der Waals surface area contributed by atoms with Gasteiger partial charge in [-0.05, 0) is 31.5 Å². The molecule has 0 unspecified atom stereocenters. The van der Waals surface area contributed by atoms with Gasteiger partial charge in [0.1, 0.15) is 0 Å². The third kappa shape index (κ3) is 3.28. The number of hydrogen-bond donors (Lipinski definition) is 1. The molecule has 0 saturated heterocycles. The first-order chi connectivity index (χ1) is 12.4. The fourth-order valence-electron chi connectivity index (χ4n) is 2.83. The largest absolute Gasteiger partial charge is 0.355 e. The summed E-state index contributed by atoms with van der Waals surface area (Å²) in [5.41, 5.74) is 4.39. The molecular weight excluding hydrogens is 330 g/mol. The van der Waals surface area contributed by atoms with Crippen LogP contribution in [0, 0.1) is 13.8 Å². The van der Waals surface area contributed by atoms with Crippen molar-refractivity contribution >= 4 is 17.5 Å². The number of rotatable bonds is 4. The van der Waals surface area contributed by atoms with Crippen LogP contribution >= 0.6 is 0 Å².